The molecular formula is C30H54O5. The van der Waals surface area contributed by atoms with Crippen LogP contribution in [0.5, 0.6) is 0 Å². The first kappa shape index (κ1) is 29.1. The summed E-state index contributed by atoms with van der Waals surface area (Å²) in [5.74, 6) is 0.468. The summed E-state index contributed by atoms with van der Waals surface area (Å²) in [6, 6.07) is 0. The van der Waals surface area contributed by atoms with Gasteiger partial charge in [0, 0.05) is 25.6 Å². The highest BCUT2D eigenvalue weighted by Crippen LogP contribution is 2.40. The molecule has 0 aromatic carbocycles. The van der Waals surface area contributed by atoms with Crippen molar-refractivity contribution in [1.82, 2.24) is 0 Å². The van der Waals surface area contributed by atoms with Gasteiger partial charge >= 0.3 is 0 Å². The van der Waals surface area contributed by atoms with E-state index in [1.54, 1.807) is 0 Å². The Balaban J connectivity index is 1.65. The molecule has 3 fully saturated rings. The maximum Gasteiger partial charge on any atom is 0.158 e. The molecule has 7 atom stereocenters. The van der Waals surface area contributed by atoms with Gasteiger partial charge in [0.15, 0.2) is 12.6 Å². The van der Waals surface area contributed by atoms with Crippen molar-refractivity contribution in [1.29, 1.82) is 0 Å². The van der Waals surface area contributed by atoms with Crippen molar-refractivity contribution in [2.45, 2.75) is 154 Å². The molecule has 2 heterocycles. The lowest BCUT2D eigenvalue weighted by Crippen LogP contribution is -2.31. The Hall–Kier alpha value is -0.460. The lowest BCUT2D eigenvalue weighted by Gasteiger charge is -2.30. The van der Waals surface area contributed by atoms with Gasteiger partial charge < -0.3 is 24.1 Å². The fraction of sp³-hybridized carbons (Fsp3) is 0.933. The predicted octanol–water partition coefficient (Wildman–Crippen LogP) is 7.30. The molecule has 2 unspecified atom stereocenters. The SMILES string of the molecule is CCCCCCC[C@@H]1[C@@H](/C=C/[C@H](CCCCC)OC2CCCCO2)[C@H](OC2CCCCO2)C[C@@H]1O. The number of unbranched alkanes of at least 4 members (excludes halogenated alkanes) is 6. The fourth-order valence-corrected chi connectivity index (χ4v) is 5.97. The highest BCUT2D eigenvalue weighted by molar-refractivity contribution is 5.05. The minimum absolute atomic E-state index is 0.0206. The van der Waals surface area contributed by atoms with E-state index >= 15 is 0 Å². The van der Waals surface area contributed by atoms with E-state index in [9.17, 15) is 5.11 Å². The molecule has 3 rings (SSSR count). The molecule has 1 N–H and O–H groups in total. The van der Waals surface area contributed by atoms with Gasteiger partial charge in [-0.2, -0.15) is 0 Å². The van der Waals surface area contributed by atoms with Crippen LogP contribution in [0.25, 0.3) is 0 Å². The van der Waals surface area contributed by atoms with Gasteiger partial charge in [-0.3, -0.25) is 0 Å². The summed E-state index contributed by atoms with van der Waals surface area (Å²) in [6.07, 6.45) is 23.5. The monoisotopic (exact) mass is 494 g/mol. The summed E-state index contributed by atoms with van der Waals surface area (Å²) >= 11 is 0. The van der Waals surface area contributed by atoms with Gasteiger partial charge in [0.25, 0.3) is 0 Å². The van der Waals surface area contributed by atoms with E-state index in [4.69, 9.17) is 18.9 Å². The molecule has 0 aromatic rings. The van der Waals surface area contributed by atoms with Crippen LogP contribution >= 0.6 is 0 Å². The smallest absolute Gasteiger partial charge is 0.158 e. The van der Waals surface area contributed by atoms with Gasteiger partial charge in [0.1, 0.15) is 0 Å². The van der Waals surface area contributed by atoms with Crippen molar-refractivity contribution in [2.24, 2.45) is 11.8 Å². The molecule has 0 aromatic heterocycles. The summed E-state index contributed by atoms with van der Waals surface area (Å²) in [7, 11) is 0. The molecule has 2 aliphatic heterocycles. The quantitative estimate of drug-likeness (QED) is 0.180. The highest BCUT2D eigenvalue weighted by Gasteiger charge is 2.42. The van der Waals surface area contributed by atoms with E-state index in [1.807, 2.05) is 0 Å². The molecule has 3 aliphatic rings. The second-order valence-electron chi connectivity index (χ2n) is 11.1. The number of hydrogen-bond donors (Lipinski definition) is 1. The zero-order valence-corrected chi connectivity index (χ0v) is 22.7. The third-order valence-corrected chi connectivity index (χ3v) is 8.10. The second-order valence-corrected chi connectivity index (χ2v) is 11.1. The molecule has 0 bridgehead atoms. The van der Waals surface area contributed by atoms with Crippen molar-refractivity contribution in [3.63, 3.8) is 0 Å². The van der Waals surface area contributed by atoms with E-state index in [0.29, 0.717) is 6.42 Å². The fourth-order valence-electron chi connectivity index (χ4n) is 5.97. The minimum atomic E-state index is -0.300. The van der Waals surface area contributed by atoms with E-state index < -0.39 is 0 Å². The van der Waals surface area contributed by atoms with Gasteiger partial charge in [-0.1, -0.05) is 77.4 Å². The van der Waals surface area contributed by atoms with Gasteiger partial charge in [-0.05, 0) is 57.3 Å². The Labute approximate surface area is 215 Å². The van der Waals surface area contributed by atoms with Crippen molar-refractivity contribution in [3.8, 4) is 0 Å². The van der Waals surface area contributed by atoms with Gasteiger partial charge in [0.05, 0.1) is 18.3 Å². The second kappa shape index (κ2) is 17.1. The lowest BCUT2D eigenvalue weighted by molar-refractivity contribution is -0.193. The van der Waals surface area contributed by atoms with Crippen molar-refractivity contribution >= 4 is 0 Å². The van der Waals surface area contributed by atoms with E-state index in [-0.39, 0.29) is 42.7 Å². The first-order valence-corrected chi connectivity index (χ1v) is 15.1. The molecule has 1 aliphatic carbocycles. The average molecular weight is 495 g/mol. The predicted molar refractivity (Wildman–Crippen MR) is 141 cm³/mol. The van der Waals surface area contributed by atoms with Crippen LogP contribution in [0.2, 0.25) is 0 Å². The van der Waals surface area contributed by atoms with Crippen molar-refractivity contribution in [2.75, 3.05) is 13.2 Å². The molecule has 2 saturated heterocycles. The van der Waals surface area contributed by atoms with Crippen LogP contribution in [-0.4, -0.2) is 49.2 Å². The van der Waals surface area contributed by atoms with Crippen molar-refractivity contribution < 1.29 is 24.1 Å². The standard InChI is InChI=1S/C30H54O5/c1-3-5-7-8-10-16-25-26(28(23-27(25)31)35-30-18-12-14-22-33-30)20-19-24(15-9-6-4-2)34-29-17-11-13-21-32-29/h19-20,24-31H,3-18,21-23H2,1-2H3/b20-19+/t24-,25+,26+,27-,28+,29?,30?/m0/s1. The molecule has 5 heteroatoms. The molecule has 204 valence electrons. The first-order valence-electron chi connectivity index (χ1n) is 15.1. The largest absolute Gasteiger partial charge is 0.393 e. The summed E-state index contributed by atoms with van der Waals surface area (Å²) in [6.45, 7) is 6.10. The summed E-state index contributed by atoms with van der Waals surface area (Å²) in [5, 5.41) is 11.1. The average Bonchev–Trinajstić information content (AvgIpc) is 3.17. The van der Waals surface area contributed by atoms with E-state index in [0.717, 1.165) is 58.2 Å². The number of ether oxygens (including phenoxy) is 4. The number of hydrogen-bond acceptors (Lipinski definition) is 5. The molecule has 0 spiro atoms. The molecule has 0 radical (unpaired) electrons. The lowest BCUT2D eigenvalue weighted by atomic mass is 9.87. The van der Waals surface area contributed by atoms with Gasteiger partial charge in [0.2, 0.25) is 0 Å². The Morgan fingerprint density at radius 1 is 0.857 bits per heavy atom. The maximum absolute atomic E-state index is 11.1. The zero-order chi connectivity index (χ0) is 24.7. The summed E-state index contributed by atoms with van der Waals surface area (Å²) in [4.78, 5) is 0. The molecule has 5 nitrogen and oxygen atoms in total. The van der Waals surface area contributed by atoms with Crippen LogP contribution in [0.4, 0.5) is 0 Å². The highest BCUT2D eigenvalue weighted by atomic mass is 16.7. The van der Waals surface area contributed by atoms with Crippen LogP contribution in [-0.2, 0) is 18.9 Å². The minimum Gasteiger partial charge on any atom is -0.393 e. The number of aliphatic hydroxyl groups excluding tert-OH is 1. The van der Waals surface area contributed by atoms with Crippen molar-refractivity contribution in [3.05, 3.63) is 12.2 Å². The zero-order valence-electron chi connectivity index (χ0n) is 22.7. The summed E-state index contributed by atoms with van der Waals surface area (Å²) < 4.78 is 24.7. The van der Waals surface area contributed by atoms with Crippen LogP contribution in [0.3, 0.4) is 0 Å². The normalized spacial score (nSPS) is 32.9. The molecule has 1 saturated carbocycles. The topological polar surface area (TPSA) is 57.2 Å². The third kappa shape index (κ3) is 10.4. The van der Waals surface area contributed by atoms with Gasteiger partial charge in [-0.15, -0.1) is 0 Å². The number of aliphatic hydroxyl groups is 1. The molecule has 0 amide bonds. The molecule has 35 heavy (non-hydrogen) atoms. The van der Waals surface area contributed by atoms with Gasteiger partial charge in [-0.25, -0.2) is 0 Å². The Kier molecular flexibility index (Phi) is 14.2. The Morgan fingerprint density at radius 2 is 1.54 bits per heavy atom. The van der Waals surface area contributed by atoms with Crippen LogP contribution in [0.1, 0.15) is 123 Å². The van der Waals surface area contributed by atoms with Crippen LogP contribution < -0.4 is 0 Å². The Morgan fingerprint density at radius 3 is 2.23 bits per heavy atom. The van der Waals surface area contributed by atoms with Crippen LogP contribution in [0, 0.1) is 11.8 Å². The third-order valence-electron chi connectivity index (χ3n) is 8.10. The van der Waals surface area contributed by atoms with E-state index in [1.165, 1.54) is 57.8 Å². The number of rotatable bonds is 16. The molecular weight excluding hydrogens is 440 g/mol. The Bertz CT molecular complexity index is 555. The first-order chi connectivity index (χ1) is 17.2. The maximum atomic E-state index is 11.1. The van der Waals surface area contributed by atoms with Crippen LogP contribution in [0.15, 0.2) is 12.2 Å². The summed E-state index contributed by atoms with van der Waals surface area (Å²) in [5.41, 5.74) is 0. The van der Waals surface area contributed by atoms with E-state index in [2.05, 4.69) is 26.0 Å².